The van der Waals surface area contributed by atoms with E-state index in [2.05, 4.69) is 10.2 Å². The maximum absolute atomic E-state index is 12.4. The van der Waals surface area contributed by atoms with Crippen LogP contribution in [0, 0.1) is 0 Å². The first-order valence-corrected chi connectivity index (χ1v) is 5.94. The second kappa shape index (κ2) is 5.62. The zero-order valence-electron chi connectivity index (χ0n) is 9.18. The molecule has 2 rings (SSSR count). The van der Waals surface area contributed by atoms with Crippen molar-refractivity contribution in [3.8, 4) is 0 Å². The summed E-state index contributed by atoms with van der Waals surface area (Å²) < 4.78 is 12.4. The zero-order valence-corrected chi connectivity index (χ0v) is 9.93. The van der Waals surface area contributed by atoms with Crippen LogP contribution in [-0.2, 0) is 13.2 Å². The van der Waals surface area contributed by atoms with Crippen molar-refractivity contribution in [3.63, 3.8) is 0 Å². The Morgan fingerprint density at radius 1 is 1.31 bits per heavy atom. The smallest absolute Gasteiger partial charge is 0.115 e. The Morgan fingerprint density at radius 2 is 2.06 bits per heavy atom. The van der Waals surface area contributed by atoms with E-state index in [0.717, 1.165) is 38.3 Å². The molecule has 1 saturated heterocycles. The molecule has 0 saturated carbocycles. The molecule has 0 aliphatic carbocycles. The van der Waals surface area contributed by atoms with Crippen LogP contribution < -0.4 is 5.32 Å². The Bertz CT molecular complexity index is 351. The van der Waals surface area contributed by atoms with Crippen LogP contribution >= 0.6 is 11.6 Å². The fourth-order valence-electron chi connectivity index (χ4n) is 1.91. The third-order valence-electron chi connectivity index (χ3n) is 2.88. The molecule has 0 amide bonds. The maximum atomic E-state index is 12.4. The molecule has 0 atom stereocenters. The first-order chi connectivity index (χ1) is 7.79. The van der Waals surface area contributed by atoms with Gasteiger partial charge in [-0.2, -0.15) is 0 Å². The fourth-order valence-corrected chi connectivity index (χ4v) is 2.18. The number of hydrogen-bond acceptors (Lipinski definition) is 2. The van der Waals surface area contributed by atoms with E-state index in [-0.39, 0.29) is 0 Å². The van der Waals surface area contributed by atoms with Crippen LogP contribution in [0.1, 0.15) is 11.1 Å². The van der Waals surface area contributed by atoms with Crippen LogP contribution in [0.15, 0.2) is 18.2 Å². The summed E-state index contributed by atoms with van der Waals surface area (Å²) in [5, 5.41) is 3.98. The summed E-state index contributed by atoms with van der Waals surface area (Å²) >= 11 is 6.12. The Morgan fingerprint density at radius 3 is 2.69 bits per heavy atom. The Kier molecular flexibility index (Phi) is 4.16. The van der Waals surface area contributed by atoms with E-state index in [0.29, 0.717) is 10.6 Å². The highest BCUT2D eigenvalue weighted by atomic mass is 35.5. The van der Waals surface area contributed by atoms with Crippen LogP contribution in [0.4, 0.5) is 4.39 Å². The average molecular weight is 243 g/mol. The molecular formula is C12H16ClFN2. The lowest BCUT2D eigenvalue weighted by Gasteiger charge is -2.27. The molecule has 1 N–H and O–H groups in total. The first kappa shape index (κ1) is 11.8. The van der Waals surface area contributed by atoms with Crippen molar-refractivity contribution in [1.29, 1.82) is 0 Å². The van der Waals surface area contributed by atoms with Gasteiger partial charge in [-0.3, -0.25) is 4.90 Å². The van der Waals surface area contributed by atoms with Gasteiger partial charge in [-0.05, 0) is 17.2 Å². The van der Waals surface area contributed by atoms with E-state index in [1.54, 1.807) is 6.07 Å². The minimum Gasteiger partial charge on any atom is -0.314 e. The van der Waals surface area contributed by atoms with E-state index in [1.807, 2.05) is 12.1 Å². The standard InChI is InChI=1S/C12H16ClFN2/c13-12-7-10(8-14)1-2-11(12)9-16-5-3-15-4-6-16/h1-2,7,15H,3-6,8-9H2. The number of rotatable bonds is 3. The van der Waals surface area contributed by atoms with Gasteiger partial charge in [0.05, 0.1) is 0 Å². The molecule has 0 aromatic heterocycles. The Hall–Kier alpha value is -0.640. The van der Waals surface area contributed by atoms with Crippen molar-refractivity contribution in [2.45, 2.75) is 13.2 Å². The summed E-state index contributed by atoms with van der Waals surface area (Å²) in [6.07, 6.45) is 0. The quantitative estimate of drug-likeness (QED) is 0.875. The van der Waals surface area contributed by atoms with Crippen LogP contribution in [0.2, 0.25) is 5.02 Å². The van der Waals surface area contributed by atoms with Gasteiger partial charge in [0.2, 0.25) is 0 Å². The van der Waals surface area contributed by atoms with Gasteiger partial charge >= 0.3 is 0 Å². The normalized spacial score (nSPS) is 17.6. The van der Waals surface area contributed by atoms with Crippen molar-refractivity contribution in [3.05, 3.63) is 34.3 Å². The van der Waals surface area contributed by atoms with Crippen molar-refractivity contribution < 1.29 is 4.39 Å². The minimum absolute atomic E-state index is 0.451. The van der Waals surface area contributed by atoms with Gasteiger partial charge in [0.25, 0.3) is 0 Å². The van der Waals surface area contributed by atoms with Gasteiger partial charge in [0, 0.05) is 37.7 Å². The predicted octanol–water partition coefficient (Wildman–Crippen LogP) is 2.21. The summed E-state index contributed by atoms with van der Waals surface area (Å²) in [4.78, 5) is 2.35. The van der Waals surface area contributed by atoms with Crippen LogP contribution in [0.5, 0.6) is 0 Å². The van der Waals surface area contributed by atoms with E-state index in [9.17, 15) is 4.39 Å². The summed E-state index contributed by atoms with van der Waals surface area (Å²) in [6.45, 7) is 4.55. The maximum Gasteiger partial charge on any atom is 0.115 e. The predicted molar refractivity (Wildman–Crippen MR) is 64.4 cm³/mol. The lowest BCUT2D eigenvalue weighted by atomic mass is 10.1. The molecular weight excluding hydrogens is 227 g/mol. The zero-order chi connectivity index (χ0) is 11.4. The summed E-state index contributed by atoms with van der Waals surface area (Å²) in [7, 11) is 0. The van der Waals surface area contributed by atoms with Gasteiger partial charge in [0.1, 0.15) is 6.67 Å². The second-order valence-corrected chi connectivity index (χ2v) is 4.49. The Balaban J connectivity index is 2.03. The first-order valence-electron chi connectivity index (χ1n) is 5.56. The molecule has 0 bridgehead atoms. The molecule has 1 aliphatic rings. The molecule has 1 aromatic carbocycles. The van der Waals surface area contributed by atoms with Gasteiger partial charge in [0.15, 0.2) is 0 Å². The van der Waals surface area contributed by atoms with Gasteiger partial charge in [-0.1, -0.05) is 23.7 Å². The van der Waals surface area contributed by atoms with Crippen LogP contribution in [-0.4, -0.2) is 31.1 Å². The number of piperazine rings is 1. The molecule has 88 valence electrons. The van der Waals surface area contributed by atoms with Crippen molar-refractivity contribution >= 4 is 11.6 Å². The molecule has 2 nitrogen and oxygen atoms in total. The SMILES string of the molecule is FCc1ccc(CN2CCNCC2)c(Cl)c1. The summed E-state index contributed by atoms with van der Waals surface area (Å²) in [5.41, 5.74) is 1.73. The largest absolute Gasteiger partial charge is 0.314 e. The third-order valence-corrected chi connectivity index (χ3v) is 3.23. The molecule has 0 radical (unpaired) electrons. The van der Waals surface area contributed by atoms with Crippen LogP contribution in [0.3, 0.4) is 0 Å². The number of alkyl halides is 1. The van der Waals surface area contributed by atoms with Crippen molar-refractivity contribution in [2.75, 3.05) is 26.2 Å². The Labute approximate surface area is 100 Å². The molecule has 16 heavy (non-hydrogen) atoms. The molecule has 1 aromatic rings. The van der Waals surface area contributed by atoms with Crippen molar-refractivity contribution in [1.82, 2.24) is 10.2 Å². The number of nitrogens with one attached hydrogen (secondary N) is 1. The average Bonchev–Trinajstić information content (AvgIpc) is 2.33. The number of benzene rings is 1. The summed E-state index contributed by atoms with van der Waals surface area (Å²) in [6, 6.07) is 5.46. The molecule has 0 spiro atoms. The molecule has 1 fully saturated rings. The lowest BCUT2D eigenvalue weighted by molar-refractivity contribution is 0.233. The monoisotopic (exact) mass is 242 g/mol. The highest BCUT2D eigenvalue weighted by Gasteiger charge is 2.11. The molecule has 0 unspecified atom stereocenters. The van der Waals surface area contributed by atoms with E-state index in [1.165, 1.54) is 0 Å². The molecule has 4 heteroatoms. The van der Waals surface area contributed by atoms with E-state index in [4.69, 9.17) is 11.6 Å². The van der Waals surface area contributed by atoms with E-state index < -0.39 is 6.67 Å². The van der Waals surface area contributed by atoms with Gasteiger partial charge in [-0.15, -0.1) is 0 Å². The second-order valence-electron chi connectivity index (χ2n) is 4.09. The molecule has 1 heterocycles. The number of hydrogen-bond donors (Lipinski definition) is 1. The topological polar surface area (TPSA) is 15.3 Å². The van der Waals surface area contributed by atoms with Gasteiger partial charge in [-0.25, -0.2) is 4.39 Å². The highest BCUT2D eigenvalue weighted by Crippen LogP contribution is 2.20. The summed E-state index contributed by atoms with van der Waals surface area (Å²) in [5.74, 6) is 0. The van der Waals surface area contributed by atoms with Crippen molar-refractivity contribution in [2.24, 2.45) is 0 Å². The highest BCUT2D eigenvalue weighted by molar-refractivity contribution is 6.31. The number of nitrogens with zero attached hydrogens (tertiary/aromatic N) is 1. The number of halogens is 2. The van der Waals surface area contributed by atoms with Gasteiger partial charge < -0.3 is 5.32 Å². The lowest BCUT2D eigenvalue weighted by Crippen LogP contribution is -2.42. The third kappa shape index (κ3) is 2.94. The molecule has 1 aliphatic heterocycles. The van der Waals surface area contributed by atoms with E-state index >= 15 is 0 Å². The fraction of sp³-hybridized carbons (Fsp3) is 0.500. The minimum atomic E-state index is -0.451. The van der Waals surface area contributed by atoms with Crippen LogP contribution in [0.25, 0.3) is 0 Å².